The molecule has 0 spiro atoms. The molecule has 6 nitrogen and oxygen atoms in total. The van der Waals surface area contributed by atoms with Crippen LogP contribution in [0.15, 0.2) is 39.5 Å². The highest BCUT2D eigenvalue weighted by molar-refractivity contribution is 5.97. The van der Waals surface area contributed by atoms with Gasteiger partial charge in [-0.15, -0.1) is 0 Å². The van der Waals surface area contributed by atoms with Gasteiger partial charge < -0.3 is 19.4 Å². The molecule has 0 amide bonds. The fourth-order valence-corrected chi connectivity index (χ4v) is 2.59. The van der Waals surface area contributed by atoms with Crippen LogP contribution in [0.4, 0.5) is 0 Å². The van der Waals surface area contributed by atoms with Crippen LogP contribution in [0.2, 0.25) is 0 Å². The van der Waals surface area contributed by atoms with Crippen LogP contribution < -0.4 is 10.2 Å². The molecular weight excluding hydrogens is 312 g/mol. The van der Waals surface area contributed by atoms with Crippen LogP contribution in [0.5, 0.6) is 5.75 Å². The van der Waals surface area contributed by atoms with Gasteiger partial charge in [-0.25, -0.2) is 4.79 Å². The van der Waals surface area contributed by atoms with E-state index >= 15 is 0 Å². The van der Waals surface area contributed by atoms with Gasteiger partial charge in [0, 0.05) is 0 Å². The van der Waals surface area contributed by atoms with E-state index in [-0.39, 0.29) is 32.9 Å². The first-order valence-corrected chi connectivity index (χ1v) is 7.51. The van der Waals surface area contributed by atoms with Crippen molar-refractivity contribution in [1.29, 1.82) is 0 Å². The normalized spacial score (nSPS) is 12.5. The van der Waals surface area contributed by atoms with Crippen LogP contribution in [-0.4, -0.2) is 22.8 Å². The lowest BCUT2D eigenvalue weighted by Crippen LogP contribution is -2.07. The van der Waals surface area contributed by atoms with E-state index in [0.717, 1.165) is 0 Å². The minimum atomic E-state index is -1.12. The van der Waals surface area contributed by atoms with Crippen molar-refractivity contribution in [3.63, 3.8) is 0 Å². The van der Waals surface area contributed by atoms with E-state index in [1.807, 2.05) is 0 Å². The number of carboxylic acid groups (broad SMARTS) is 1. The summed E-state index contributed by atoms with van der Waals surface area (Å²) in [5.74, 6) is -0.753. The van der Waals surface area contributed by atoms with Gasteiger partial charge >= 0.3 is 5.97 Å². The summed E-state index contributed by atoms with van der Waals surface area (Å²) in [4.78, 5) is 23.9. The summed E-state index contributed by atoms with van der Waals surface area (Å²) in [5, 5.41) is 19.3. The van der Waals surface area contributed by atoms with Crippen molar-refractivity contribution >= 4 is 27.9 Å². The predicted molar refractivity (Wildman–Crippen MR) is 88.8 cm³/mol. The van der Waals surface area contributed by atoms with Gasteiger partial charge in [0.1, 0.15) is 5.58 Å². The van der Waals surface area contributed by atoms with Crippen LogP contribution >= 0.6 is 0 Å². The monoisotopic (exact) mass is 328 g/mol. The van der Waals surface area contributed by atoms with Gasteiger partial charge in [-0.2, -0.15) is 0 Å². The Morgan fingerprint density at radius 1 is 1.25 bits per heavy atom. The maximum atomic E-state index is 12.8. The van der Waals surface area contributed by atoms with Crippen molar-refractivity contribution in [2.75, 3.05) is 6.61 Å². The molecule has 1 heterocycles. The van der Waals surface area contributed by atoms with Crippen molar-refractivity contribution in [3.8, 4) is 5.75 Å². The van der Waals surface area contributed by atoms with E-state index in [1.54, 1.807) is 26.0 Å². The molecule has 0 aliphatic carbocycles. The molecule has 3 rings (SSSR count). The molecule has 124 valence electrons. The molecule has 0 fully saturated rings. The van der Waals surface area contributed by atoms with Gasteiger partial charge in [-0.3, -0.25) is 4.79 Å². The van der Waals surface area contributed by atoms with E-state index in [9.17, 15) is 14.7 Å². The predicted octanol–water partition coefficient (Wildman–Crippen LogP) is 3.10. The summed E-state index contributed by atoms with van der Waals surface area (Å²) in [6.07, 6.45) is -0.783. The zero-order valence-electron chi connectivity index (χ0n) is 13.2. The number of benzene rings is 2. The van der Waals surface area contributed by atoms with Gasteiger partial charge in [0.2, 0.25) is 5.43 Å². The maximum absolute atomic E-state index is 12.8. The van der Waals surface area contributed by atoms with Crippen molar-refractivity contribution in [3.05, 3.63) is 51.7 Å². The Labute approximate surface area is 136 Å². The number of carbonyl (C=O) groups is 1. The first kappa shape index (κ1) is 16.0. The number of fused-ring (bicyclic) bond motifs is 2. The molecular formula is C18H16O6. The molecule has 3 aromatic rings. The second-order valence-corrected chi connectivity index (χ2v) is 5.45. The van der Waals surface area contributed by atoms with Crippen molar-refractivity contribution in [1.82, 2.24) is 0 Å². The lowest BCUT2D eigenvalue weighted by molar-refractivity contribution is 0.0697. The van der Waals surface area contributed by atoms with Gasteiger partial charge in [-0.05, 0) is 49.7 Å². The number of carboxylic acids is 1. The van der Waals surface area contributed by atoms with Gasteiger partial charge in [0.05, 0.1) is 29.0 Å². The molecule has 0 aliphatic rings. The maximum Gasteiger partial charge on any atom is 0.335 e. The number of aromatic carboxylic acids is 1. The first-order valence-electron chi connectivity index (χ1n) is 7.51. The summed E-state index contributed by atoms with van der Waals surface area (Å²) < 4.78 is 11.3. The number of ether oxygens (including phenoxy) is 1. The van der Waals surface area contributed by atoms with E-state index in [4.69, 9.17) is 14.3 Å². The molecule has 0 radical (unpaired) electrons. The molecule has 0 bridgehead atoms. The van der Waals surface area contributed by atoms with Crippen molar-refractivity contribution in [2.45, 2.75) is 20.0 Å². The molecule has 2 N–H and O–H groups in total. The summed E-state index contributed by atoms with van der Waals surface area (Å²) in [6, 6.07) is 7.30. The minimum absolute atomic E-state index is 0.00543. The Morgan fingerprint density at radius 2 is 2.00 bits per heavy atom. The molecule has 24 heavy (non-hydrogen) atoms. The fraction of sp³-hybridized carbons (Fsp3) is 0.222. The zero-order valence-corrected chi connectivity index (χ0v) is 13.2. The van der Waals surface area contributed by atoms with Gasteiger partial charge in [0.25, 0.3) is 0 Å². The molecule has 6 heteroatoms. The highest BCUT2D eigenvalue weighted by Crippen LogP contribution is 2.31. The Morgan fingerprint density at radius 3 is 2.62 bits per heavy atom. The summed E-state index contributed by atoms with van der Waals surface area (Å²) in [7, 11) is 0. The number of aliphatic hydroxyl groups excluding tert-OH is 1. The number of rotatable bonds is 4. The summed E-state index contributed by atoms with van der Waals surface area (Å²) in [5.41, 5.74) is 0.723. The third kappa shape index (κ3) is 2.61. The smallest absolute Gasteiger partial charge is 0.335 e. The highest BCUT2D eigenvalue weighted by Gasteiger charge is 2.16. The SMILES string of the molecule is CCOc1cc(C(C)O)cc2c(=O)c3cc(C(=O)O)ccc3oc12. The van der Waals surface area contributed by atoms with Crippen molar-refractivity contribution < 1.29 is 24.2 Å². The third-order valence-electron chi connectivity index (χ3n) is 3.79. The van der Waals surface area contributed by atoms with Crippen LogP contribution in [0.3, 0.4) is 0 Å². The second kappa shape index (κ2) is 5.98. The quantitative estimate of drug-likeness (QED) is 0.714. The molecule has 1 atom stereocenters. The molecule has 2 aromatic carbocycles. The van der Waals surface area contributed by atoms with E-state index in [1.165, 1.54) is 18.2 Å². The molecule has 0 saturated carbocycles. The average Bonchev–Trinajstić information content (AvgIpc) is 2.55. The fourth-order valence-electron chi connectivity index (χ4n) is 2.59. The molecule has 0 aliphatic heterocycles. The van der Waals surface area contributed by atoms with E-state index in [0.29, 0.717) is 17.9 Å². The van der Waals surface area contributed by atoms with Gasteiger partial charge in [-0.1, -0.05) is 0 Å². The Bertz CT molecular complexity index is 1000. The molecule has 0 saturated heterocycles. The largest absolute Gasteiger partial charge is 0.490 e. The molecule has 1 unspecified atom stereocenters. The number of hydrogen-bond donors (Lipinski definition) is 2. The molecule has 1 aromatic heterocycles. The van der Waals surface area contributed by atoms with Gasteiger partial charge in [0.15, 0.2) is 11.3 Å². The highest BCUT2D eigenvalue weighted by atomic mass is 16.5. The summed E-state index contributed by atoms with van der Waals surface area (Å²) in [6.45, 7) is 3.76. The number of aliphatic hydroxyl groups is 1. The van der Waals surface area contributed by atoms with E-state index < -0.39 is 12.1 Å². The Kier molecular flexibility index (Phi) is 3.99. The van der Waals surface area contributed by atoms with Crippen LogP contribution in [-0.2, 0) is 0 Å². The lowest BCUT2D eigenvalue weighted by Gasteiger charge is -2.12. The standard InChI is InChI=1S/C18H16O6/c1-3-23-15-8-11(9(2)19)7-13-16(20)12-6-10(18(21)22)4-5-14(12)24-17(13)15/h4-9,19H,3H2,1-2H3,(H,21,22). The third-order valence-corrected chi connectivity index (χ3v) is 3.79. The number of hydrogen-bond acceptors (Lipinski definition) is 5. The summed E-state index contributed by atoms with van der Waals surface area (Å²) >= 11 is 0. The lowest BCUT2D eigenvalue weighted by atomic mass is 10.0. The Balaban J connectivity index is 2.42. The average molecular weight is 328 g/mol. The van der Waals surface area contributed by atoms with Crippen molar-refractivity contribution in [2.24, 2.45) is 0 Å². The Hall–Kier alpha value is -2.86. The first-order chi connectivity index (χ1) is 11.4. The second-order valence-electron chi connectivity index (χ2n) is 5.45. The van der Waals surface area contributed by atoms with Crippen LogP contribution in [0, 0.1) is 0 Å². The van der Waals surface area contributed by atoms with E-state index in [2.05, 4.69) is 0 Å². The zero-order chi connectivity index (χ0) is 17.4. The minimum Gasteiger partial charge on any atom is -0.490 e. The topological polar surface area (TPSA) is 97.0 Å². The van der Waals surface area contributed by atoms with Crippen LogP contribution in [0.1, 0.15) is 35.9 Å². The van der Waals surface area contributed by atoms with Crippen LogP contribution in [0.25, 0.3) is 21.9 Å².